The number of carbonyl (C=O) groups is 1. The van der Waals surface area contributed by atoms with E-state index in [4.69, 9.17) is 0 Å². The molecule has 110 valence electrons. The molecule has 0 saturated carbocycles. The normalized spacial score (nSPS) is 10.5. The van der Waals surface area contributed by atoms with Crippen LogP contribution < -0.4 is 10.0 Å². The molecule has 0 aliphatic heterocycles. The third-order valence-corrected chi connectivity index (χ3v) is 3.35. The maximum Gasteiger partial charge on any atom is 0.345 e. The first-order valence-electron chi connectivity index (χ1n) is 5.33. The van der Waals surface area contributed by atoms with Gasteiger partial charge < -0.3 is 4.74 Å². The molecule has 0 bridgehead atoms. The van der Waals surface area contributed by atoms with Crippen LogP contribution in [0.3, 0.4) is 0 Å². The number of benzene rings is 1. The Bertz CT molecular complexity index is 670. The number of hydrogen-bond acceptors (Lipinski definition) is 4. The zero-order valence-electron chi connectivity index (χ0n) is 10.1. The van der Waals surface area contributed by atoms with Gasteiger partial charge in [-0.15, -0.1) is 0 Å². The monoisotopic (exact) mass is 335 g/mol. The van der Waals surface area contributed by atoms with Crippen LogP contribution in [0.15, 0.2) is 29.4 Å². The van der Waals surface area contributed by atoms with Crippen LogP contribution in [0.25, 0.3) is 0 Å². The van der Waals surface area contributed by atoms with E-state index in [-0.39, 0.29) is 22.7 Å². The number of pyridine rings is 1. The van der Waals surface area contributed by atoms with E-state index in [0.29, 0.717) is 6.07 Å². The molecule has 0 aliphatic rings. The van der Waals surface area contributed by atoms with Gasteiger partial charge in [0.2, 0.25) is 5.82 Å². The van der Waals surface area contributed by atoms with Gasteiger partial charge in [0.15, 0.2) is 11.6 Å². The van der Waals surface area contributed by atoms with Gasteiger partial charge in [-0.05, 0) is 12.1 Å². The average Bonchev–Trinajstić information content (AvgIpc) is 2.49. The van der Waals surface area contributed by atoms with Crippen LogP contribution in [0.5, 0.6) is 5.75 Å². The lowest BCUT2D eigenvalue weighted by Crippen LogP contribution is -2.17. The van der Waals surface area contributed by atoms with Crippen molar-refractivity contribution in [3.8, 4) is 5.75 Å². The van der Waals surface area contributed by atoms with E-state index in [0.717, 1.165) is 6.20 Å². The van der Waals surface area contributed by atoms with Gasteiger partial charge in [-0.3, -0.25) is 0 Å². The van der Waals surface area contributed by atoms with Crippen LogP contribution in [0, 0.1) is 17.5 Å². The predicted octanol–water partition coefficient (Wildman–Crippen LogP) is 3.20. The Morgan fingerprint density at radius 3 is 2.52 bits per heavy atom. The second kappa shape index (κ2) is 6.41. The molecule has 2 aromatic rings. The number of nitrogens with zero attached hydrogens (tertiary/aromatic N) is 1. The smallest absolute Gasteiger partial charge is 0.345 e. The second-order valence-corrected chi connectivity index (χ2v) is 4.90. The third-order valence-electron chi connectivity index (χ3n) is 2.41. The topological polar surface area (TPSA) is 39.2 Å². The highest BCUT2D eigenvalue weighted by Crippen LogP contribution is 2.23. The minimum absolute atomic E-state index is 0.0151. The lowest BCUT2D eigenvalue weighted by Gasteiger charge is -2.09. The van der Waals surface area contributed by atoms with Crippen LogP contribution in [-0.4, -0.2) is 11.0 Å². The third kappa shape index (κ3) is 3.33. The first kappa shape index (κ1) is 15.7. The quantitative estimate of drug-likeness (QED) is 0.284. The summed E-state index contributed by atoms with van der Waals surface area (Å²) >= 11 is -0.124. The molecule has 0 spiro atoms. The number of carbonyl (C=O) groups excluding carboxylic acids is 1. The Kier molecular flexibility index (Phi) is 4.80. The van der Waals surface area contributed by atoms with E-state index in [9.17, 15) is 21.9 Å². The highest BCUT2D eigenvalue weighted by atomic mass is 32.2. The van der Waals surface area contributed by atoms with Gasteiger partial charge in [-0.2, -0.15) is 8.28 Å². The van der Waals surface area contributed by atoms with Crippen molar-refractivity contribution < 1.29 is 26.6 Å². The molecule has 21 heavy (non-hydrogen) atoms. The summed E-state index contributed by atoms with van der Waals surface area (Å²) in [5.41, 5.74) is -0.124. The summed E-state index contributed by atoms with van der Waals surface area (Å²) in [6, 6.07) is 2.72. The highest BCUT2D eigenvalue weighted by molar-refractivity contribution is 7.94. The van der Waals surface area contributed by atoms with Gasteiger partial charge in [0.1, 0.15) is 23.0 Å². The average molecular weight is 335 g/mol. The highest BCUT2D eigenvalue weighted by Gasteiger charge is 2.21. The number of aromatic nitrogens is 1. The summed E-state index contributed by atoms with van der Waals surface area (Å²) in [6.07, 6.45) is 1.00. The van der Waals surface area contributed by atoms with E-state index < -0.39 is 34.5 Å². The minimum atomic E-state index is -1.49. The van der Waals surface area contributed by atoms with Gasteiger partial charge in [0.25, 0.3) is 0 Å². The number of rotatable bonds is 3. The Morgan fingerprint density at radius 1 is 1.24 bits per heavy atom. The molecule has 1 heterocycles. The van der Waals surface area contributed by atoms with Gasteiger partial charge in [0, 0.05) is 12.3 Å². The zero-order valence-corrected chi connectivity index (χ0v) is 12.0. The molecule has 1 aromatic heterocycles. The lowest BCUT2D eigenvalue weighted by molar-refractivity contribution is 0.0727. The second-order valence-electron chi connectivity index (χ2n) is 3.75. The molecule has 0 fully saturated rings. The molecule has 3 nitrogen and oxygen atoms in total. The van der Waals surface area contributed by atoms with E-state index in [2.05, 4.69) is 9.72 Å². The van der Waals surface area contributed by atoms with Crippen LogP contribution >= 0.6 is 21.4 Å². The summed E-state index contributed by atoms with van der Waals surface area (Å²) in [6.45, 7) is 0. The Hall–Kier alpha value is -1.66. The van der Waals surface area contributed by atoms with Crippen molar-refractivity contribution in [1.29, 1.82) is 0 Å². The molecule has 1 unspecified atom stereocenters. The van der Waals surface area contributed by atoms with Crippen LogP contribution in [0.4, 0.5) is 17.1 Å². The first-order chi connectivity index (χ1) is 9.93. The van der Waals surface area contributed by atoms with Gasteiger partial charge in [-0.25, -0.2) is 18.6 Å². The fraction of sp³-hybridized carbons (Fsp3) is 0. The number of esters is 1. The standard InChI is InChI=1S/C12H6F4NO2PS/c13-6-3-7(14)11(20)10(9(6)15)19-12(18)5-1-2-8(21-16)17-4-5/h1-4H,20H2. The lowest BCUT2D eigenvalue weighted by atomic mass is 10.3. The molecule has 9 heteroatoms. The molecule has 0 saturated heterocycles. The van der Waals surface area contributed by atoms with E-state index in [1.807, 2.05) is 9.24 Å². The molecule has 2 rings (SSSR count). The Labute approximate surface area is 123 Å². The summed E-state index contributed by atoms with van der Waals surface area (Å²) in [7, 11) is 1.82. The van der Waals surface area contributed by atoms with Crippen LogP contribution in [0.1, 0.15) is 10.4 Å². The SMILES string of the molecule is O=C(Oc1c(F)c(F)cc(F)c1P)c1ccc(SF)nc1. The molecule has 1 aromatic carbocycles. The summed E-state index contributed by atoms with van der Waals surface area (Å²) in [5, 5.41) is -0.410. The molecule has 0 amide bonds. The Morgan fingerprint density at radius 2 is 1.95 bits per heavy atom. The molecule has 1 atom stereocenters. The number of halogens is 4. The predicted molar refractivity (Wildman–Crippen MR) is 71.8 cm³/mol. The van der Waals surface area contributed by atoms with Crippen molar-refractivity contribution in [1.82, 2.24) is 4.98 Å². The van der Waals surface area contributed by atoms with Crippen molar-refractivity contribution in [3.63, 3.8) is 0 Å². The van der Waals surface area contributed by atoms with Crippen LogP contribution in [0.2, 0.25) is 0 Å². The minimum Gasteiger partial charge on any atom is -0.419 e. The molecular formula is C12H6F4NO2PS. The van der Waals surface area contributed by atoms with Gasteiger partial charge >= 0.3 is 5.97 Å². The van der Waals surface area contributed by atoms with Crippen molar-refractivity contribution in [2.45, 2.75) is 5.03 Å². The fourth-order valence-electron chi connectivity index (χ4n) is 1.39. The molecule has 0 aliphatic carbocycles. The van der Waals surface area contributed by atoms with E-state index in [1.165, 1.54) is 12.1 Å². The van der Waals surface area contributed by atoms with E-state index >= 15 is 0 Å². The molecule has 0 radical (unpaired) electrons. The van der Waals surface area contributed by atoms with Crippen LogP contribution in [-0.2, 0) is 0 Å². The van der Waals surface area contributed by atoms with Gasteiger partial charge in [-0.1, -0.05) is 9.24 Å². The summed E-state index contributed by atoms with van der Waals surface area (Å²) < 4.78 is 56.8. The fourth-order valence-corrected chi connectivity index (χ4v) is 1.87. The largest absolute Gasteiger partial charge is 0.419 e. The number of hydrogen-bond donors (Lipinski definition) is 0. The zero-order chi connectivity index (χ0) is 15.6. The summed E-state index contributed by atoms with van der Waals surface area (Å²) in [4.78, 5) is 15.3. The van der Waals surface area contributed by atoms with Crippen molar-refractivity contribution in [2.24, 2.45) is 0 Å². The Balaban J connectivity index is 2.31. The van der Waals surface area contributed by atoms with Gasteiger partial charge in [0.05, 0.1) is 10.9 Å². The number of ether oxygens (including phenoxy) is 1. The maximum atomic E-state index is 13.5. The van der Waals surface area contributed by atoms with E-state index in [1.54, 1.807) is 0 Å². The maximum absolute atomic E-state index is 13.5. The summed E-state index contributed by atoms with van der Waals surface area (Å²) in [5.74, 6) is -6.00. The van der Waals surface area contributed by atoms with Crippen molar-refractivity contribution in [3.05, 3.63) is 47.4 Å². The first-order valence-corrected chi connectivity index (χ1v) is 6.63. The molecular weight excluding hydrogens is 329 g/mol. The van der Waals surface area contributed by atoms with Crippen molar-refractivity contribution in [2.75, 3.05) is 0 Å². The van der Waals surface area contributed by atoms with Crippen molar-refractivity contribution >= 4 is 32.7 Å². The molecule has 0 N–H and O–H groups in total.